The Balaban J connectivity index is 2.11. The molecule has 2 aliphatic rings. The van der Waals surface area contributed by atoms with Crippen LogP contribution in [0.25, 0.3) is 0 Å². The molecule has 0 radical (unpaired) electrons. The fourth-order valence-electron chi connectivity index (χ4n) is 2.57. The van der Waals surface area contributed by atoms with Gasteiger partial charge < -0.3 is 50.0 Å². The Kier molecular flexibility index (Phi) is 6.61. The summed E-state index contributed by atoms with van der Waals surface area (Å²) in [6.45, 7) is -1.21. The lowest BCUT2D eigenvalue weighted by Crippen LogP contribution is -2.63. The van der Waals surface area contributed by atoms with Crippen LogP contribution < -0.4 is 0 Å². The molecule has 0 amide bonds. The molecule has 11 heteroatoms. The molecule has 2 aliphatic heterocycles. The molecule has 2 heterocycles. The highest BCUT2D eigenvalue weighted by molar-refractivity contribution is 7.80. The van der Waals surface area contributed by atoms with E-state index in [1.54, 1.807) is 0 Å². The monoisotopic (exact) mass is 358 g/mol. The first-order chi connectivity index (χ1) is 10.8. The fourth-order valence-corrected chi connectivity index (χ4v) is 2.90. The van der Waals surface area contributed by atoms with E-state index in [0.29, 0.717) is 0 Å². The van der Waals surface area contributed by atoms with Crippen LogP contribution in [-0.2, 0) is 14.2 Å². The summed E-state index contributed by atoms with van der Waals surface area (Å²) in [5.41, 5.74) is -1.04. The molecule has 2 rings (SSSR count). The van der Waals surface area contributed by atoms with E-state index in [1.807, 2.05) is 0 Å². The Labute approximate surface area is 137 Å². The summed E-state index contributed by atoms with van der Waals surface area (Å²) < 4.78 is 15.7. The maximum atomic E-state index is 10.1. The minimum Gasteiger partial charge on any atom is -0.394 e. The first-order valence-electron chi connectivity index (χ1n) is 7.08. The number of aliphatic hydroxyl groups excluding tert-OH is 7. The van der Waals surface area contributed by atoms with Crippen molar-refractivity contribution in [3.63, 3.8) is 0 Å². The second kappa shape index (κ2) is 7.89. The van der Waals surface area contributed by atoms with E-state index in [9.17, 15) is 30.6 Å². The summed E-state index contributed by atoms with van der Waals surface area (Å²) in [5, 5.41) is 67.6. The number of aliphatic hydroxyl groups is 7. The molecule has 2 fully saturated rings. The molecular formula is C12H22O10S. The van der Waals surface area contributed by atoms with Crippen molar-refractivity contribution in [2.45, 2.75) is 60.6 Å². The van der Waals surface area contributed by atoms with Crippen molar-refractivity contribution in [3.8, 4) is 0 Å². The summed E-state index contributed by atoms with van der Waals surface area (Å²) in [6.07, 6.45) is -12.9. The van der Waals surface area contributed by atoms with Gasteiger partial charge in [-0.25, -0.2) is 0 Å². The van der Waals surface area contributed by atoms with Crippen LogP contribution in [0.1, 0.15) is 0 Å². The minimum absolute atomic E-state index is 0.567. The van der Waals surface area contributed by atoms with Crippen molar-refractivity contribution < 1.29 is 50.0 Å². The maximum absolute atomic E-state index is 10.1. The summed E-state index contributed by atoms with van der Waals surface area (Å²) in [5.74, 6) is 0. The van der Waals surface area contributed by atoms with Crippen LogP contribution in [0.3, 0.4) is 0 Å². The molecule has 0 aromatic heterocycles. The van der Waals surface area contributed by atoms with Crippen molar-refractivity contribution in [2.75, 3.05) is 13.2 Å². The Morgan fingerprint density at radius 1 is 0.739 bits per heavy atom. The maximum Gasteiger partial charge on any atom is 0.187 e. The van der Waals surface area contributed by atoms with Gasteiger partial charge >= 0.3 is 0 Å². The van der Waals surface area contributed by atoms with Crippen molar-refractivity contribution in [1.82, 2.24) is 0 Å². The highest BCUT2D eigenvalue weighted by atomic mass is 32.1. The first kappa shape index (κ1) is 19.3. The van der Waals surface area contributed by atoms with E-state index in [4.69, 9.17) is 19.3 Å². The van der Waals surface area contributed by atoms with Crippen LogP contribution >= 0.6 is 12.6 Å². The van der Waals surface area contributed by atoms with Gasteiger partial charge in [-0.05, 0) is 0 Å². The molecule has 0 bridgehead atoms. The third kappa shape index (κ3) is 3.80. The summed E-state index contributed by atoms with van der Waals surface area (Å²) in [6, 6.07) is 0. The minimum atomic E-state index is -1.68. The van der Waals surface area contributed by atoms with E-state index in [0.717, 1.165) is 0 Å². The fraction of sp³-hybridized carbons (Fsp3) is 1.00. The highest BCUT2D eigenvalue weighted by Crippen LogP contribution is 2.29. The van der Waals surface area contributed by atoms with E-state index >= 15 is 0 Å². The topological polar surface area (TPSA) is 169 Å². The summed E-state index contributed by atoms with van der Waals surface area (Å²) >= 11 is 3.92. The summed E-state index contributed by atoms with van der Waals surface area (Å²) in [4.78, 5) is 0. The van der Waals surface area contributed by atoms with Gasteiger partial charge in [0.15, 0.2) is 6.29 Å². The average Bonchev–Trinajstić information content (AvgIpc) is 2.55. The van der Waals surface area contributed by atoms with Gasteiger partial charge in [0.1, 0.15) is 54.3 Å². The Hall–Kier alpha value is -0.0500. The number of ether oxygens (including phenoxy) is 3. The van der Waals surface area contributed by atoms with Gasteiger partial charge in [-0.3, -0.25) is 0 Å². The van der Waals surface area contributed by atoms with Gasteiger partial charge in [-0.2, -0.15) is 0 Å². The Bertz CT molecular complexity index is 383. The van der Waals surface area contributed by atoms with Crippen LogP contribution in [0.2, 0.25) is 0 Å². The molecular weight excluding hydrogens is 336 g/mol. The van der Waals surface area contributed by atoms with Gasteiger partial charge in [0, 0.05) is 0 Å². The summed E-state index contributed by atoms with van der Waals surface area (Å²) in [7, 11) is 0. The van der Waals surface area contributed by atoms with Crippen LogP contribution in [0, 0.1) is 0 Å². The Morgan fingerprint density at radius 2 is 1.35 bits per heavy atom. The molecule has 0 saturated carbocycles. The van der Waals surface area contributed by atoms with Gasteiger partial charge in [0.05, 0.1) is 13.2 Å². The number of hydrogen-bond donors (Lipinski definition) is 8. The second-order valence-corrected chi connectivity index (χ2v) is 6.04. The van der Waals surface area contributed by atoms with Gasteiger partial charge in [0.25, 0.3) is 0 Å². The zero-order valence-corrected chi connectivity index (χ0v) is 12.9. The van der Waals surface area contributed by atoms with E-state index in [1.165, 1.54) is 0 Å². The zero-order valence-electron chi connectivity index (χ0n) is 12.0. The molecule has 136 valence electrons. The van der Waals surface area contributed by atoms with Crippen molar-refractivity contribution in [1.29, 1.82) is 0 Å². The zero-order chi connectivity index (χ0) is 17.3. The first-order valence-corrected chi connectivity index (χ1v) is 7.60. The van der Waals surface area contributed by atoms with E-state index < -0.39 is 73.8 Å². The van der Waals surface area contributed by atoms with Gasteiger partial charge in [-0.15, -0.1) is 12.6 Å². The smallest absolute Gasteiger partial charge is 0.187 e. The molecule has 2 saturated heterocycles. The number of rotatable bonds is 4. The van der Waals surface area contributed by atoms with Gasteiger partial charge in [0.2, 0.25) is 0 Å². The SMILES string of the molecule is OCC1OC(S)[C@@H](O)[C@@H](O)[C@@H]1OC1OC(CO)[C@H](O)[C@H](O)[C@@H]1O. The number of hydrogen-bond acceptors (Lipinski definition) is 11. The van der Waals surface area contributed by atoms with E-state index in [2.05, 4.69) is 12.6 Å². The third-order valence-electron chi connectivity index (χ3n) is 3.98. The van der Waals surface area contributed by atoms with Crippen molar-refractivity contribution in [3.05, 3.63) is 0 Å². The molecule has 10 atom stereocenters. The normalized spacial score (nSPS) is 51.7. The molecule has 0 aromatic rings. The lowest BCUT2D eigenvalue weighted by atomic mass is 9.97. The molecule has 10 nitrogen and oxygen atoms in total. The van der Waals surface area contributed by atoms with Crippen molar-refractivity contribution >= 4 is 12.6 Å². The van der Waals surface area contributed by atoms with Crippen LogP contribution in [0.15, 0.2) is 0 Å². The Morgan fingerprint density at radius 3 is 1.91 bits per heavy atom. The van der Waals surface area contributed by atoms with Crippen LogP contribution in [0.5, 0.6) is 0 Å². The number of thiol groups is 1. The molecule has 0 aliphatic carbocycles. The predicted molar refractivity (Wildman–Crippen MR) is 75.4 cm³/mol. The molecule has 23 heavy (non-hydrogen) atoms. The third-order valence-corrected chi connectivity index (χ3v) is 4.41. The standard InChI is InChI=1S/C12H22O10S/c13-1-3-5(15)6(16)8(18)11(20-3)22-10-4(2-14)21-12(23)9(19)7(10)17/h3-19,23H,1-2H2/t3?,4?,5-,6-,7+,8-,9-,10+,11?,12?/m0/s1. The molecule has 4 unspecified atom stereocenters. The van der Waals surface area contributed by atoms with Gasteiger partial charge in [-0.1, -0.05) is 0 Å². The quantitative estimate of drug-likeness (QED) is 0.229. The van der Waals surface area contributed by atoms with Crippen LogP contribution in [0.4, 0.5) is 0 Å². The lowest BCUT2D eigenvalue weighted by molar-refractivity contribution is -0.338. The second-order valence-electron chi connectivity index (χ2n) is 5.53. The average molecular weight is 358 g/mol. The largest absolute Gasteiger partial charge is 0.394 e. The van der Waals surface area contributed by atoms with Crippen LogP contribution in [-0.4, -0.2) is 110 Å². The highest BCUT2D eigenvalue weighted by Gasteiger charge is 2.49. The molecule has 0 aromatic carbocycles. The lowest BCUT2D eigenvalue weighted by Gasteiger charge is -2.45. The molecule has 0 spiro atoms. The van der Waals surface area contributed by atoms with E-state index in [-0.39, 0.29) is 0 Å². The predicted octanol–water partition coefficient (Wildman–Crippen LogP) is -4.46. The van der Waals surface area contributed by atoms with Crippen molar-refractivity contribution in [2.24, 2.45) is 0 Å². The molecule has 7 N–H and O–H groups in total.